The molecule has 4 nitrogen and oxygen atoms in total. The van der Waals surface area contributed by atoms with Crippen LogP contribution < -0.4 is 5.73 Å². The SMILES string of the molecule is CCCCCCCCCC(=O)OC(=O)[C@@H](N)CCSC. The van der Waals surface area contributed by atoms with E-state index in [2.05, 4.69) is 6.92 Å². The van der Waals surface area contributed by atoms with Gasteiger partial charge in [-0.15, -0.1) is 0 Å². The summed E-state index contributed by atoms with van der Waals surface area (Å²) < 4.78 is 4.74. The van der Waals surface area contributed by atoms with Gasteiger partial charge in [0.25, 0.3) is 0 Å². The first-order chi connectivity index (χ1) is 9.61. The van der Waals surface area contributed by atoms with E-state index < -0.39 is 18.0 Å². The van der Waals surface area contributed by atoms with Gasteiger partial charge < -0.3 is 10.5 Å². The van der Waals surface area contributed by atoms with Crippen molar-refractivity contribution in [3.8, 4) is 0 Å². The minimum absolute atomic E-state index is 0.314. The molecule has 0 amide bonds. The molecule has 0 saturated carbocycles. The van der Waals surface area contributed by atoms with Crippen molar-refractivity contribution < 1.29 is 14.3 Å². The number of rotatable bonds is 12. The summed E-state index contributed by atoms with van der Waals surface area (Å²) in [5.41, 5.74) is 5.63. The summed E-state index contributed by atoms with van der Waals surface area (Å²) in [6, 6.07) is -0.680. The second-order valence-electron chi connectivity index (χ2n) is 5.05. The maximum Gasteiger partial charge on any atom is 0.330 e. The fourth-order valence-electron chi connectivity index (χ4n) is 1.83. The number of ether oxygens (including phenoxy) is 1. The monoisotopic (exact) mass is 303 g/mol. The molecule has 20 heavy (non-hydrogen) atoms. The lowest BCUT2D eigenvalue weighted by atomic mass is 10.1. The molecule has 0 aromatic heterocycles. The quantitative estimate of drug-likeness (QED) is 0.340. The van der Waals surface area contributed by atoms with E-state index in [1.807, 2.05) is 6.26 Å². The Morgan fingerprint density at radius 3 is 2.30 bits per heavy atom. The van der Waals surface area contributed by atoms with Gasteiger partial charge in [0.15, 0.2) is 0 Å². The Bertz CT molecular complexity index is 272. The van der Waals surface area contributed by atoms with Crippen LogP contribution in [0.5, 0.6) is 0 Å². The van der Waals surface area contributed by atoms with E-state index in [-0.39, 0.29) is 0 Å². The van der Waals surface area contributed by atoms with Gasteiger partial charge >= 0.3 is 11.9 Å². The smallest absolute Gasteiger partial charge is 0.330 e. The van der Waals surface area contributed by atoms with Crippen LogP contribution in [0.25, 0.3) is 0 Å². The van der Waals surface area contributed by atoms with Crippen molar-refractivity contribution in [2.24, 2.45) is 5.73 Å². The van der Waals surface area contributed by atoms with Gasteiger partial charge in [0.05, 0.1) is 0 Å². The number of unbranched alkanes of at least 4 members (excludes halogenated alkanes) is 6. The lowest BCUT2D eigenvalue weighted by Gasteiger charge is -2.09. The number of esters is 2. The fourth-order valence-corrected chi connectivity index (χ4v) is 2.32. The molecule has 0 aliphatic rings. The van der Waals surface area contributed by atoms with Crippen LogP contribution in [0.2, 0.25) is 0 Å². The minimum Gasteiger partial charge on any atom is -0.392 e. The number of carbonyl (C=O) groups excluding carboxylic acids is 2. The highest BCUT2D eigenvalue weighted by molar-refractivity contribution is 7.98. The lowest BCUT2D eigenvalue weighted by molar-refractivity contribution is -0.160. The van der Waals surface area contributed by atoms with Crippen LogP contribution in [0.3, 0.4) is 0 Å². The van der Waals surface area contributed by atoms with Crippen molar-refractivity contribution in [1.82, 2.24) is 0 Å². The van der Waals surface area contributed by atoms with Crippen molar-refractivity contribution in [2.45, 2.75) is 70.8 Å². The van der Waals surface area contributed by atoms with E-state index in [1.54, 1.807) is 11.8 Å². The molecule has 5 heteroatoms. The lowest BCUT2D eigenvalue weighted by Crippen LogP contribution is -2.34. The van der Waals surface area contributed by atoms with Gasteiger partial charge in [0.2, 0.25) is 0 Å². The van der Waals surface area contributed by atoms with Crippen molar-refractivity contribution in [3.63, 3.8) is 0 Å². The van der Waals surface area contributed by atoms with Gasteiger partial charge in [0.1, 0.15) is 6.04 Å². The third kappa shape index (κ3) is 11.3. The minimum atomic E-state index is -0.680. The van der Waals surface area contributed by atoms with Crippen LogP contribution in [0.15, 0.2) is 0 Å². The third-order valence-corrected chi connectivity index (χ3v) is 3.78. The Hall–Kier alpha value is -0.550. The molecule has 0 aromatic rings. The van der Waals surface area contributed by atoms with Gasteiger partial charge in [-0.25, -0.2) is 4.79 Å². The molecule has 118 valence electrons. The molecule has 0 bridgehead atoms. The molecule has 0 spiro atoms. The van der Waals surface area contributed by atoms with Gasteiger partial charge in [-0.05, 0) is 24.9 Å². The standard InChI is InChI=1S/C15H29NO3S/c1-3-4-5-6-7-8-9-10-14(17)19-15(18)13(16)11-12-20-2/h13H,3-12,16H2,1-2H3/t13-/m0/s1. The fraction of sp³-hybridized carbons (Fsp3) is 0.867. The topological polar surface area (TPSA) is 69.4 Å². The first kappa shape index (κ1) is 19.4. The Balaban J connectivity index is 3.55. The van der Waals surface area contributed by atoms with E-state index in [9.17, 15) is 9.59 Å². The van der Waals surface area contributed by atoms with E-state index in [4.69, 9.17) is 10.5 Å². The Kier molecular flexibility index (Phi) is 13.1. The zero-order valence-electron chi connectivity index (χ0n) is 12.9. The van der Waals surface area contributed by atoms with Gasteiger partial charge in [-0.1, -0.05) is 45.4 Å². The third-order valence-electron chi connectivity index (χ3n) is 3.13. The molecule has 1 atom stereocenters. The number of nitrogens with two attached hydrogens (primary N) is 1. The highest BCUT2D eigenvalue weighted by Gasteiger charge is 2.17. The summed E-state index contributed by atoms with van der Waals surface area (Å²) in [4.78, 5) is 23.0. The van der Waals surface area contributed by atoms with E-state index in [0.29, 0.717) is 12.8 Å². The van der Waals surface area contributed by atoms with Crippen molar-refractivity contribution in [2.75, 3.05) is 12.0 Å². The number of hydrogen-bond donors (Lipinski definition) is 1. The zero-order chi connectivity index (χ0) is 15.2. The molecular weight excluding hydrogens is 274 g/mol. The maximum absolute atomic E-state index is 11.5. The predicted molar refractivity (Wildman–Crippen MR) is 84.7 cm³/mol. The van der Waals surface area contributed by atoms with Crippen LogP contribution in [-0.4, -0.2) is 30.0 Å². The largest absolute Gasteiger partial charge is 0.392 e. The molecule has 0 rings (SSSR count). The van der Waals surface area contributed by atoms with E-state index in [1.165, 1.54) is 25.7 Å². The zero-order valence-corrected chi connectivity index (χ0v) is 13.7. The van der Waals surface area contributed by atoms with E-state index in [0.717, 1.165) is 25.0 Å². The second-order valence-corrected chi connectivity index (χ2v) is 6.04. The van der Waals surface area contributed by atoms with Crippen molar-refractivity contribution in [1.29, 1.82) is 0 Å². The highest BCUT2D eigenvalue weighted by Crippen LogP contribution is 2.09. The summed E-state index contributed by atoms with van der Waals surface area (Å²) in [5.74, 6) is -0.238. The summed E-state index contributed by atoms with van der Waals surface area (Å²) >= 11 is 1.62. The van der Waals surface area contributed by atoms with Crippen LogP contribution in [-0.2, 0) is 14.3 Å². The average Bonchev–Trinajstić information content (AvgIpc) is 2.43. The van der Waals surface area contributed by atoms with Crippen LogP contribution in [0.1, 0.15) is 64.7 Å². The highest BCUT2D eigenvalue weighted by atomic mass is 32.2. The first-order valence-corrected chi connectivity index (χ1v) is 9.00. The second kappa shape index (κ2) is 13.4. The first-order valence-electron chi connectivity index (χ1n) is 7.60. The molecule has 0 heterocycles. The Labute approximate surface area is 127 Å². The number of hydrogen-bond acceptors (Lipinski definition) is 5. The summed E-state index contributed by atoms with van der Waals surface area (Å²) in [5, 5.41) is 0. The average molecular weight is 303 g/mol. The molecule has 0 fully saturated rings. The van der Waals surface area contributed by atoms with E-state index >= 15 is 0 Å². The number of carbonyl (C=O) groups is 2. The van der Waals surface area contributed by atoms with Gasteiger partial charge in [0, 0.05) is 6.42 Å². The summed E-state index contributed by atoms with van der Waals surface area (Å²) in [7, 11) is 0. The predicted octanol–water partition coefficient (Wildman–Crippen LogP) is 3.28. The Morgan fingerprint density at radius 1 is 1.10 bits per heavy atom. The molecule has 0 aromatic carbocycles. The van der Waals surface area contributed by atoms with Crippen LogP contribution in [0, 0.1) is 0 Å². The summed E-state index contributed by atoms with van der Waals surface area (Å²) in [6.07, 6.45) is 10.8. The van der Waals surface area contributed by atoms with Crippen LogP contribution in [0.4, 0.5) is 0 Å². The molecule has 0 aliphatic carbocycles. The summed E-state index contributed by atoms with van der Waals surface area (Å²) in [6.45, 7) is 2.19. The molecule has 0 unspecified atom stereocenters. The molecular formula is C15H29NO3S. The van der Waals surface area contributed by atoms with Crippen LogP contribution >= 0.6 is 11.8 Å². The normalized spacial score (nSPS) is 12.2. The Morgan fingerprint density at radius 2 is 1.70 bits per heavy atom. The van der Waals surface area contributed by atoms with Gasteiger partial charge in [-0.3, -0.25) is 4.79 Å². The van der Waals surface area contributed by atoms with Crippen molar-refractivity contribution in [3.05, 3.63) is 0 Å². The maximum atomic E-state index is 11.5. The molecule has 2 N–H and O–H groups in total. The number of thioether (sulfide) groups is 1. The van der Waals surface area contributed by atoms with Gasteiger partial charge in [-0.2, -0.15) is 11.8 Å². The molecule has 0 aliphatic heterocycles. The molecule has 0 radical (unpaired) electrons. The molecule has 0 saturated heterocycles. The van der Waals surface area contributed by atoms with Crippen molar-refractivity contribution >= 4 is 23.7 Å².